The first-order valence-corrected chi connectivity index (χ1v) is 6.26. The minimum absolute atomic E-state index is 0.173. The normalized spacial score (nSPS) is 22.3. The highest BCUT2D eigenvalue weighted by molar-refractivity contribution is 5.71. The van der Waals surface area contributed by atoms with E-state index in [0.29, 0.717) is 18.4 Å². The lowest BCUT2D eigenvalue weighted by atomic mass is 9.85. The topological polar surface area (TPSA) is 64.6 Å². The number of rotatable bonds is 5. The molecule has 0 saturated heterocycles. The van der Waals surface area contributed by atoms with Crippen molar-refractivity contribution in [1.29, 1.82) is 0 Å². The molecule has 5 nitrogen and oxygen atoms in total. The van der Waals surface area contributed by atoms with Crippen molar-refractivity contribution in [3.8, 4) is 0 Å². The van der Waals surface area contributed by atoms with Crippen LogP contribution in [0.3, 0.4) is 0 Å². The molecule has 0 saturated carbocycles. The highest BCUT2D eigenvalue weighted by Crippen LogP contribution is 2.25. The van der Waals surface area contributed by atoms with Gasteiger partial charge in [-0.05, 0) is 24.7 Å². The zero-order valence-electron chi connectivity index (χ0n) is 11.0. The van der Waals surface area contributed by atoms with E-state index >= 15 is 0 Å². The quantitative estimate of drug-likeness (QED) is 0.601. The average molecular weight is 255 g/mol. The number of alkyl carbamates (subject to hydrolysis) is 1. The Kier molecular flexibility index (Phi) is 6.25. The van der Waals surface area contributed by atoms with E-state index in [1.807, 2.05) is 0 Å². The molecule has 1 aliphatic rings. The SMILES string of the molecule is COC(=O)NCCC(=O)OCC1CC=CCC1C. The second-order valence-corrected chi connectivity index (χ2v) is 4.53. The van der Waals surface area contributed by atoms with Crippen molar-refractivity contribution in [2.45, 2.75) is 26.2 Å². The summed E-state index contributed by atoms with van der Waals surface area (Å²) in [6.45, 7) is 2.87. The van der Waals surface area contributed by atoms with Crippen LogP contribution >= 0.6 is 0 Å². The van der Waals surface area contributed by atoms with E-state index in [1.165, 1.54) is 7.11 Å². The molecule has 1 aliphatic carbocycles. The van der Waals surface area contributed by atoms with Gasteiger partial charge in [0.1, 0.15) is 0 Å². The first kappa shape index (κ1) is 14.5. The van der Waals surface area contributed by atoms with Crippen LogP contribution in [0.15, 0.2) is 12.2 Å². The maximum Gasteiger partial charge on any atom is 0.406 e. The molecule has 0 spiro atoms. The highest BCUT2D eigenvalue weighted by atomic mass is 16.5. The van der Waals surface area contributed by atoms with Crippen molar-refractivity contribution in [3.05, 3.63) is 12.2 Å². The number of allylic oxidation sites excluding steroid dienone is 2. The zero-order chi connectivity index (χ0) is 13.4. The number of carbonyl (C=O) groups is 2. The van der Waals surface area contributed by atoms with E-state index in [9.17, 15) is 9.59 Å². The Morgan fingerprint density at radius 3 is 2.72 bits per heavy atom. The van der Waals surface area contributed by atoms with Gasteiger partial charge in [-0.1, -0.05) is 19.1 Å². The second-order valence-electron chi connectivity index (χ2n) is 4.53. The Hall–Kier alpha value is -1.52. The van der Waals surface area contributed by atoms with Gasteiger partial charge in [-0.15, -0.1) is 0 Å². The van der Waals surface area contributed by atoms with E-state index in [4.69, 9.17) is 4.74 Å². The number of methoxy groups -OCH3 is 1. The third-order valence-corrected chi connectivity index (χ3v) is 3.16. The molecule has 0 radical (unpaired) electrons. The molecular formula is C13H21NO4. The van der Waals surface area contributed by atoms with Gasteiger partial charge in [-0.2, -0.15) is 0 Å². The number of ether oxygens (including phenoxy) is 2. The van der Waals surface area contributed by atoms with Crippen LogP contribution < -0.4 is 5.32 Å². The summed E-state index contributed by atoms with van der Waals surface area (Å²) in [6.07, 6.45) is 5.96. The summed E-state index contributed by atoms with van der Waals surface area (Å²) in [5.41, 5.74) is 0. The Balaban J connectivity index is 2.13. The lowest BCUT2D eigenvalue weighted by Gasteiger charge is -2.24. The van der Waals surface area contributed by atoms with Crippen molar-refractivity contribution >= 4 is 12.1 Å². The fourth-order valence-corrected chi connectivity index (χ4v) is 1.85. The number of esters is 1. The highest BCUT2D eigenvalue weighted by Gasteiger charge is 2.19. The standard InChI is InChI=1S/C13H21NO4/c1-10-5-3-4-6-11(10)9-18-12(15)7-8-14-13(16)17-2/h3-4,10-11H,5-9H2,1-2H3,(H,14,16). The molecule has 5 heteroatoms. The van der Waals surface area contributed by atoms with Crippen molar-refractivity contribution in [1.82, 2.24) is 5.32 Å². The first-order valence-electron chi connectivity index (χ1n) is 6.26. The predicted molar refractivity (Wildman–Crippen MR) is 67.0 cm³/mol. The molecule has 0 aromatic rings. The van der Waals surface area contributed by atoms with Crippen LogP contribution in [0.2, 0.25) is 0 Å². The van der Waals surface area contributed by atoms with Crippen LogP contribution in [0.25, 0.3) is 0 Å². The van der Waals surface area contributed by atoms with Gasteiger partial charge in [0.2, 0.25) is 0 Å². The van der Waals surface area contributed by atoms with E-state index in [2.05, 4.69) is 29.1 Å². The van der Waals surface area contributed by atoms with E-state index in [0.717, 1.165) is 12.8 Å². The van der Waals surface area contributed by atoms with Gasteiger partial charge in [0, 0.05) is 6.54 Å². The lowest BCUT2D eigenvalue weighted by molar-refractivity contribution is -0.145. The Morgan fingerprint density at radius 2 is 2.06 bits per heavy atom. The van der Waals surface area contributed by atoms with Crippen LogP contribution in [0.4, 0.5) is 4.79 Å². The van der Waals surface area contributed by atoms with Gasteiger partial charge in [-0.25, -0.2) is 4.79 Å². The summed E-state index contributed by atoms with van der Waals surface area (Å²) in [5.74, 6) is 0.677. The molecule has 0 fully saturated rings. The largest absolute Gasteiger partial charge is 0.465 e. The van der Waals surface area contributed by atoms with E-state index < -0.39 is 6.09 Å². The molecule has 2 unspecified atom stereocenters. The van der Waals surface area contributed by atoms with E-state index in [1.54, 1.807) is 0 Å². The third kappa shape index (κ3) is 5.21. The fraction of sp³-hybridized carbons (Fsp3) is 0.692. The molecule has 0 aliphatic heterocycles. The predicted octanol–water partition coefficient (Wildman–Crippen LogP) is 1.88. The van der Waals surface area contributed by atoms with Crippen LogP contribution in [0, 0.1) is 11.8 Å². The Bertz CT molecular complexity index is 314. The summed E-state index contributed by atoms with van der Waals surface area (Å²) in [6, 6.07) is 0. The molecule has 0 heterocycles. The summed E-state index contributed by atoms with van der Waals surface area (Å²) < 4.78 is 9.59. The van der Waals surface area contributed by atoms with Gasteiger partial charge < -0.3 is 14.8 Å². The monoisotopic (exact) mass is 255 g/mol. The number of carbonyl (C=O) groups excluding carboxylic acids is 2. The molecule has 0 aromatic heterocycles. The summed E-state index contributed by atoms with van der Waals surface area (Å²) in [4.78, 5) is 22.2. The summed E-state index contributed by atoms with van der Waals surface area (Å²) >= 11 is 0. The Labute approximate surface area is 108 Å². The molecule has 1 N–H and O–H groups in total. The molecule has 0 aromatic carbocycles. The van der Waals surface area contributed by atoms with Crippen molar-refractivity contribution in [3.63, 3.8) is 0 Å². The lowest BCUT2D eigenvalue weighted by Crippen LogP contribution is -2.27. The zero-order valence-corrected chi connectivity index (χ0v) is 11.0. The molecular weight excluding hydrogens is 234 g/mol. The van der Waals surface area contributed by atoms with Gasteiger partial charge in [-0.3, -0.25) is 4.79 Å². The summed E-state index contributed by atoms with van der Waals surface area (Å²) in [7, 11) is 1.28. The number of nitrogens with one attached hydrogen (secondary N) is 1. The fourth-order valence-electron chi connectivity index (χ4n) is 1.85. The smallest absolute Gasteiger partial charge is 0.406 e. The minimum Gasteiger partial charge on any atom is -0.465 e. The van der Waals surface area contributed by atoms with Gasteiger partial charge in [0.25, 0.3) is 0 Å². The molecule has 1 rings (SSSR count). The van der Waals surface area contributed by atoms with Crippen LogP contribution in [-0.2, 0) is 14.3 Å². The molecule has 2 atom stereocenters. The maximum absolute atomic E-state index is 11.4. The van der Waals surface area contributed by atoms with Crippen molar-refractivity contribution in [2.24, 2.45) is 11.8 Å². The number of amides is 1. The van der Waals surface area contributed by atoms with E-state index in [-0.39, 0.29) is 18.9 Å². The average Bonchev–Trinajstić information content (AvgIpc) is 2.37. The van der Waals surface area contributed by atoms with Crippen molar-refractivity contribution < 1.29 is 19.1 Å². The van der Waals surface area contributed by atoms with Gasteiger partial charge in [0.15, 0.2) is 0 Å². The maximum atomic E-state index is 11.4. The van der Waals surface area contributed by atoms with Crippen LogP contribution in [-0.4, -0.2) is 32.3 Å². The van der Waals surface area contributed by atoms with Crippen molar-refractivity contribution in [2.75, 3.05) is 20.3 Å². The first-order chi connectivity index (χ1) is 8.63. The second kappa shape index (κ2) is 7.74. The van der Waals surface area contributed by atoms with Gasteiger partial charge in [0.05, 0.1) is 20.1 Å². The number of hydrogen-bond donors (Lipinski definition) is 1. The number of hydrogen-bond acceptors (Lipinski definition) is 4. The molecule has 18 heavy (non-hydrogen) atoms. The molecule has 102 valence electrons. The molecule has 1 amide bonds. The van der Waals surface area contributed by atoms with Crippen LogP contribution in [0.1, 0.15) is 26.2 Å². The Morgan fingerprint density at radius 1 is 1.33 bits per heavy atom. The third-order valence-electron chi connectivity index (χ3n) is 3.16. The van der Waals surface area contributed by atoms with Crippen LogP contribution in [0.5, 0.6) is 0 Å². The molecule has 0 bridgehead atoms. The van der Waals surface area contributed by atoms with Gasteiger partial charge >= 0.3 is 12.1 Å². The summed E-state index contributed by atoms with van der Waals surface area (Å²) in [5, 5.41) is 2.44. The minimum atomic E-state index is -0.533.